The van der Waals surface area contributed by atoms with Gasteiger partial charge in [0, 0.05) is 35.9 Å². The molecule has 1 aliphatic carbocycles. The van der Waals surface area contributed by atoms with Gasteiger partial charge in [-0.05, 0) is 70.7 Å². The van der Waals surface area contributed by atoms with E-state index < -0.39 is 0 Å². The molecule has 3 aromatic heterocycles. The molecule has 0 spiro atoms. The molecule has 194 valence electrons. The van der Waals surface area contributed by atoms with Crippen LogP contribution in [0.1, 0.15) is 76.6 Å². The molecule has 2 unspecified atom stereocenters. The van der Waals surface area contributed by atoms with E-state index >= 15 is 0 Å². The summed E-state index contributed by atoms with van der Waals surface area (Å²) in [6, 6.07) is 10.4. The summed E-state index contributed by atoms with van der Waals surface area (Å²) in [5, 5.41) is 14.1. The second-order valence-corrected chi connectivity index (χ2v) is 10.6. The van der Waals surface area contributed by atoms with E-state index in [1.54, 1.807) is 0 Å². The number of aromatic amines is 1. The number of pyridine rings is 1. The highest BCUT2D eigenvalue weighted by atomic mass is 16.1. The van der Waals surface area contributed by atoms with E-state index in [-0.39, 0.29) is 11.7 Å². The summed E-state index contributed by atoms with van der Waals surface area (Å²) >= 11 is 0. The van der Waals surface area contributed by atoms with Gasteiger partial charge in [0.15, 0.2) is 5.82 Å². The number of aromatic nitrogens is 7. The number of benzene rings is 1. The Bertz CT molecular complexity index is 1340. The second kappa shape index (κ2) is 11.2. The molecule has 2 atom stereocenters. The van der Waals surface area contributed by atoms with Crippen LogP contribution in [0.4, 0.5) is 0 Å². The van der Waals surface area contributed by atoms with Crippen LogP contribution in [0.3, 0.4) is 0 Å². The molecule has 1 saturated carbocycles. The normalized spacial score (nSPS) is 20.1. The van der Waals surface area contributed by atoms with Crippen molar-refractivity contribution in [3.8, 4) is 22.5 Å². The SMILES string of the molecule is CCCCc1cn(C2C(C)CCCCC2C)c(=O)n1Cc1cnccc1-c1ccc(-c2nnn[nH]2)cc1. The lowest BCUT2D eigenvalue weighted by molar-refractivity contribution is 0.253. The van der Waals surface area contributed by atoms with E-state index in [0.717, 1.165) is 47.2 Å². The fraction of sp³-hybridized carbons (Fsp3) is 0.483. The number of rotatable bonds is 8. The van der Waals surface area contributed by atoms with Gasteiger partial charge >= 0.3 is 5.69 Å². The van der Waals surface area contributed by atoms with Crippen molar-refractivity contribution in [1.29, 1.82) is 0 Å². The van der Waals surface area contributed by atoms with Crippen molar-refractivity contribution in [2.45, 2.75) is 78.3 Å². The molecule has 1 N–H and O–H groups in total. The van der Waals surface area contributed by atoms with Gasteiger partial charge in [0.2, 0.25) is 0 Å². The summed E-state index contributed by atoms with van der Waals surface area (Å²) in [4.78, 5) is 18.4. The summed E-state index contributed by atoms with van der Waals surface area (Å²) in [7, 11) is 0. The van der Waals surface area contributed by atoms with Gasteiger partial charge in [-0.3, -0.25) is 14.1 Å². The largest absolute Gasteiger partial charge is 0.328 e. The molecule has 0 amide bonds. The van der Waals surface area contributed by atoms with Gasteiger partial charge in [0.1, 0.15) is 0 Å². The molecule has 8 heteroatoms. The van der Waals surface area contributed by atoms with E-state index in [1.807, 2.05) is 35.2 Å². The van der Waals surface area contributed by atoms with Crippen LogP contribution >= 0.6 is 0 Å². The highest BCUT2D eigenvalue weighted by molar-refractivity contribution is 5.69. The monoisotopic (exact) mass is 499 g/mol. The Kier molecular flexibility index (Phi) is 7.63. The van der Waals surface area contributed by atoms with Crippen LogP contribution in [-0.2, 0) is 13.0 Å². The first-order chi connectivity index (χ1) is 18.1. The average molecular weight is 500 g/mol. The minimum Gasteiger partial charge on any atom is -0.295 e. The van der Waals surface area contributed by atoms with Gasteiger partial charge in [-0.25, -0.2) is 9.89 Å². The molecule has 0 saturated heterocycles. The lowest BCUT2D eigenvalue weighted by atomic mass is 9.89. The maximum atomic E-state index is 14.0. The predicted octanol–water partition coefficient (Wildman–Crippen LogP) is 5.67. The summed E-state index contributed by atoms with van der Waals surface area (Å²) in [5.41, 5.74) is 5.34. The zero-order chi connectivity index (χ0) is 25.8. The van der Waals surface area contributed by atoms with Crippen molar-refractivity contribution in [3.63, 3.8) is 0 Å². The summed E-state index contributed by atoms with van der Waals surface area (Å²) in [6.07, 6.45) is 13.8. The van der Waals surface area contributed by atoms with Gasteiger partial charge in [-0.2, -0.15) is 0 Å². The third-order valence-electron chi connectivity index (χ3n) is 7.98. The van der Waals surface area contributed by atoms with E-state index in [2.05, 4.69) is 69.3 Å². The smallest absolute Gasteiger partial charge is 0.295 e. The molecular formula is C29H37N7O. The fourth-order valence-corrected chi connectivity index (χ4v) is 5.97. The van der Waals surface area contributed by atoms with Crippen LogP contribution in [0.2, 0.25) is 0 Å². The topological polar surface area (TPSA) is 94.3 Å². The summed E-state index contributed by atoms with van der Waals surface area (Å²) < 4.78 is 4.07. The number of unbranched alkanes of at least 4 members (excludes halogenated alkanes) is 1. The number of H-pyrrole nitrogens is 1. The first kappa shape index (κ1) is 25.1. The molecular weight excluding hydrogens is 462 g/mol. The van der Waals surface area contributed by atoms with Crippen LogP contribution in [0.15, 0.2) is 53.7 Å². The standard InChI is InChI=1S/C29H37N7O/c1-4-5-10-25-19-36(27-20(2)8-6-7-9-21(27)3)29(37)35(25)18-24-17-30-16-15-26(24)22-11-13-23(14-12-22)28-31-33-34-32-28/h11-17,19-21,27H,4-10,18H2,1-3H3,(H,31,32,33,34). The van der Waals surface area contributed by atoms with Crippen LogP contribution in [0.25, 0.3) is 22.5 Å². The second-order valence-electron chi connectivity index (χ2n) is 10.6. The number of aryl methyl sites for hydroxylation is 1. The zero-order valence-corrected chi connectivity index (χ0v) is 22.1. The Hall–Kier alpha value is -3.55. The van der Waals surface area contributed by atoms with Gasteiger partial charge in [0.25, 0.3) is 0 Å². The third-order valence-corrected chi connectivity index (χ3v) is 7.98. The van der Waals surface area contributed by atoms with Gasteiger partial charge in [0.05, 0.1) is 6.54 Å². The molecule has 37 heavy (non-hydrogen) atoms. The van der Waals surface area contributed by atoms with E-state index in [1.165, 1.54) is 25.7 Å². The highest BCUT2D eigenvalue weighted by Crippen LogP contribution is 2.36. The van der Waals surface area contributed by atoms with Crippen molar-refractivity contribution in [3.05, 3.63) is 70.7 Å². The maximum absolute atomic E-state index is 14.0. The van der Waals surface area contributed by atoms with Crippen molar-refractivity contribution in [1.82, 2.24) is 34.7 Å². The van der Waals surface area contributed by atoms with Crippen LogP contribution in [0.5, 0.6) is 0 Å². The molecule has 8 nitrogen and oxygen atoms in total. The third kappa shape index (κ3) is 5.29. The van der Waals surface area contributed by atoms with Crippen molar-refractivity contribution < 1.29 is 0 Å². The first-order valence-electron chi connectivity index (χ1n) is 13.6. The highest BCUT2D eigenvalue weighted by Gasteiger charge is 2.30. The first-order valence-corrected chi connectivity index (χ1v) is 13.6. The van der Waals surface area contributed by atoms with E-state index in [9.17, 15) is 4.79 Å². The van der Waals surface area contributed by atoms with Crippen molar-refractivity contribution in [2.24, 2.45) is 11.8 Å². The maximum Gasteiger partial charge on any atom is 0.328 e. The van der Waals surface area contributed by atoms with Gasteiger partial charge in [-0.15, -0.1) is 5.10 Å². The number of nitrogens with zero attached hydrogens (tertiary/aromatic N) is 6. The minimum absolute atomic E-state index is 0.111. The minimum atomic E-state index is 0.111. The Morgan fingerprint density at radius 3 is 2.43 bits per heavy atom. The zero-order valence-electron chi connectivity index (χ0n) is 22.1. The van der Waals surface area contributed by atoms with Crippen molar-refractivity contribution >= 4 is 0 Å². The Morgan fingerprint density at radius 1 is 1.03 bits per heavy atom. The lowest BCUT2D eigenvalue weighted by Gasteiger charge is -2.27. The van der Waals surface area contributed by atoms with E-state index in [4.69, 9.17) is 0 Å². The lowest BCUT2D eigenvalue weighted by Crippen LogP contribution is -2.33. The van der Waals surface area contributed by atoms with Crippen LogP contribution in [-0.4, -0.2) is 34.7 Å². The fourth-order valence-electron chi connectivity index (χ4n) is 5.97. The van der Waals surface area contributed by atoms with E-state index in [0.29, 0.717) is 24.2 Å². The molecule has 3 heterocycles. The predicted molar refractivity (Wildman–Crippen MR) is 145 cm³/mol. The number of imidazole rings is 1. The number of hydrogen-bond donors (Lipinski definition) is 1. The summed E-state index contributed by atoms with van der Waals surface area (Å²) in [5.74, 6) is 1.63. The molecule has 4 aromatic rings. The van der Waals surface area contributed by atoms with Gasteiger partial charge < -0.3 is 0 Å². The molecule has 5 rings (SSSR count). The Morgan fingerprint density at radius 2 is 1.76 bits per heavy atom. The molecule has 1 aromatic carbocycles. The Labute approximate surface area is 218 Å². The van der Waals surface area contributed by atoms with Crippen LogP contribution in [0, 0.1) is 11.8 Å². The number of nitrogens with one attached hydrogen (secondary N) is 1. The molecule has 1 fully saturated rings. The van der Waals surface area contributed by atoms with Crippen LogP contribution < -0.4 is 5.69 Å². The quantitative estimate of drug-likeness (QED) is 0.315. The molecule has 0 bridgehead atoms. The number of tetrazole rings is 1. The molecule has 0 radical (unpaired) electrons. The van der Waals surface area contributed by atoms with Crippen molar-refractivity contribution in [2.75, 3.05) is 0 Å². The Balaban J connectivity index is 1.51. The molecule has 1 aliphatic rings. The molecule has 0 aliphatic heterocycles. The summed E-state index contributed by atoms with van der Waals surface area (Å²) in [6.45, 7) is 7.35. The average Bonchev–Trinajstić information content (AvgIpc) is 3.51. The number of hydrogen-bond acceptors (Lipinski definition) is 5. The van der Waals surface area contributed by atoms with Gasteiger partial charge in [-0.1, -0.05) is 64.3 Å².